The van der Waals surface area contributed by atoms with Crippen LogP contribution in [0.4, 0.5) is 13.2 Å². The van der Waals surface area contributed by atoms with Crippen LogP contribution in [0.5, 0.6) is 11.5 Å². The Morgan fingerprint density at radius 3 is 2.29 bits per heavy atom. The van der Waals surface area contributed by atoms with Crippen LogP contribution in [0.2, 0.25) is 0 Å². The van der Waals surface area contributed by atoms with E-state index in [4.69, 9.17) is 27.2 Å². The fraction of sp³-hybridized carbons (Fsp3) is 0.526. The number of hydrogen-bond acceptors (Lipinski definition) is 6. The molecule has 264 valence electrons. The fourth-order valence-corrected chi connectivity index (χ4v) is 9.42. The first-order valence-electron chi connectivity index (χ1n) is 17.4. The molecular weight excluding hydrogens is 655 g/mol. The van der Waals surface area contributed by atoms with Gasteiger partial charge in [-0.3, -0.25) is 0 Å². The van der Waals surface area contributed by atoms with Gasteiger partial charge >= 0.3 is 5.51 Å². The van der Waals surface area contributed by atoms with Crippen LogP contribution in [0.15, 0.2) is 72.8 Å². The highest BCUT2D eigenvalue weighted by Gasteiger charge is 2.76. The van der Waals surface area contributed by atoms with Crippen molar-refractivity contribution in [1.82, 2.24) is 0 Å². The third-order valence-corrected chi connectivity index (χ3v) is 12.2. The van der Waals surface area contributed by atoms with Crippen LogP contribution in [0, 0.1) is 5.92 Å². The van der Waals surface area contributed by atoms with Gasteiger partial charge in [-0.15, -0.1) is 0 Å². The normalized spacial score (nSPS) is 29.7. The van der Waals surface area contributed by atoms with Gasteiger partial charge in [0.1, 0.15) is 24.4 Å². The number of likely N-dealkylation sites (N-methyl/N-ethyl adjacent to an activating group) is 1. The smallest absolute Gasteiger partial charge is 0.485 e. The Morgan fingerprint density at radius 2 is 1.63 bits per heavy atom. The minimum atomic E-state index is -6.09. The van der Waals surface area contributed by atoms with E-state index >= 15 is 0 Å². The van der Waals surface area contributed by atoms with Gasteiger partial charge in [0.25, 0.3) is 0 Å². The van der Waals surface area contributed by atoms with E-state index in [1.807, 2.05) is 0 Å². The predicted octanol–water partition coefficient (Wildman–Crippen LogP) is 7.07. The second kappa shape index (κ2) is 12.9. The molecule has 1 saturated heterocycles. The minimum absolute atomic E-state index is 0.0704. The van der Waals surface area contributed by atoms with Crippen molar-refractivity contribution in [3.05, 3.63) is 95.1 Å². The van der Waals surface area contributed by atoms with Gasteiger partial charge < -0.3 is 23.2 Å². The molecule has 3 aromatic rings. The molecule has 1 spiro atoms. The monoisotopic (exact) mass is 699 g/mol. The summed E-state index contributed by atoms with van der Waals surface area (Å²) in [7, 11) is -3.53. The van der Waals surface area contributed by atoms with Crippen molar-refractivity contribution in [3.8, 4) is 11.5 Å². The summed E-state index contributed by atoms with van der Waals surface area (Å²) in [5, 5.41) is 0. The molecule has 7 nitrogen and oxygen atoms in total. The number of nitrogens with zero attached hydrogens (tertiary/aromatic N) is 1. The zero-order chi connectivity index (χ0) is 34.5. The zero-order valence-electron chi connectivity index (χ0n) is 27.8. The number of likely N-dealkylation sites (tertiary alicyclic amines) is 1. The summed E-state index contributed by atoms with van der Waals surface area (Å²) in [6.45, 7) is 3.91. The second-order valence-corrected chi connectivity index (χ2v) is 16.1. The van der Waals surface area contributed by atoms with E-state index in [0.717, 1.165) is 62.5 Å². The van der Waals surface area contributed by atoms with Crippen LogP contribution in [0.25, 0.3) is 0 Å². The summed E-state index contributed by atoms with van der Waals surface area (Å²) < 4.78 is 81.1. The summed E-state index contributed by atoms with van der Waals surface area (Å²) in [4.78, 5) is 0. The van der Waals surface area contributed by atoms with Crippen molar-refractivity contribution >= 4 is 10.1 Å². The Labute approximate surface area is 286 Å². The lowest BCUT2D eigenvalue weighted by molar-refractivity contribution is -0.951. The highest BCUT2D eigenvalue weighted by Crippen LogP contribution is 2.67. The molecule has 2 bridgehead atoms. The molecular formula is C38H44F3NO6S. The Balaban J connectivity index is 0.000000424. The summed E-state index contributed by atoms with van der Waals surface area (Å²) in [6, 6.07) is 26.4. The van der Waals surface area contributed by atoms with Gasteiger partial charge in [0.15, 0.2) is 21.6 Å². The van der Waals surface area contributed by atoms with Crippen molar-refractivity contribution in [2.24, 2.45) is 5.92 Å². The average molecular weight is 700 g/mol. The number of piperidine rings is 1. The molecule has 3 aromatic carbocycles. The maximum absolute atomic E-state index is 10.7. The molecule has 11 heteroatoms. The molecule has 2 saturated carbocycles. The molecule has 3 fully saturated rings. The molecule has 0 amide bonds. The Hall–Kier alpha value is -3.12. The lowest BCUT2D eigenvalue weighted by Gasteiger charge is -2.66. The number of ether oxygens (including phenoxy) is 3. The SMILES string of the molecule is C[N+]1(CC2CC2)CC[C@]23c4c5ccc(OCc6ccccc6)c4O[C@H]2CCC[C@@]3(OCCCc2ccccc2)[C@H]1C5.O=S(=O)([O-])C(F)(F)F. The Bertz CT molecular complexity index is 1750. The highest BCUT2D eigenvalue weighted by molar-refractivity contribution is 7.86. The van der Waals surface area contributed by atoms with Gasteiger partial charge in [-0.1, -0.05) is 66.7 Å². The molecule has 5 aliphatic rings. The van der Waals surface area contributed by atoms with E-state index in [1.165, 1.54) is 59.1 Å². The molecule has 8 rings (SSSR count). The predicted molar refractivity (Wildman–Crippen MR) is 177 cm³/mol. The van der Waals surface area contributed by atoms with Crippen molar-refractivity contribution in [2.75, 3.05) is 26.7 Å². The first kappa shape index (κ1) is 34.3. The average Bonchev–Trinajstić information content (AvgIpc) is 3.81. The number of alkyl halides is 3. The number of halogens is 3. The van der Waals surface area contributed by atoms with Crippen LogP contribution in [-0.4, -0.2) is 67.5 Å². The minimum Gasteiger partial charge on any atom is -0.741 e. The molecule has 5 atom stereocenters. The topological polar surface area (TPSA) is 84.9 Å². The van der Waals surface area contributed by atoms with Crippen LogP contribution >= 0.6 is 0 Å². The largest absolute Gasteiger partial charge is 0.741 e. The van der Waals surface area contributed by atoms with Crippen LogP contribution in [0.1, 0.15) is 67.2 Å². The second-order valence-electron chi connectivity index (χ2n) is 14.7. The van der Waals surface area contributed by atoms with Crippen LogP contribution in [0.3, 0.4) is 0 Å². The van der Waals surface area contributed by atoms with E-state index in [0.29, 0.717) is 12.6 Å². The van der Waals surface area contributed by atoms with Crippen molar-refractivity contribution in [3.63, 3.8) is 0 Å². The Kier molecular flexibility index (Phi) is 9.03. The molecule has 2 aliphatic heterocycles. The highest BCUT2D eigenvalue weighted by atomic mass is 32.2. The number of aryl methyl sites for hydroxylation is 1. The van der Waals surface area contributed by atoms with Gasteiger partial charge in [-0.05, 0) is 67.7 Å². The van der Waals surface area contributed by atoms with Gasteiger partial charge in [0.2, 0.25) is 0 Å². The lowest BCUT2D eigenvalue weighted by Crippen LogP contribution is -2.80. The summed E-state index contributed by atoms with van der Waals surface area (Å²) in [5.41, 5.74) is -0.359. The number of quaternary nitrogens is 1. The van der Waals surface area contributed by atoms with Crippen molar-refractivity contribution in [1.29, 1.82) is 0 Å². The molecule has 0 aromatic heterocycles. The molecule has 0 radical (unpaired) electrons. The zero-order valence-corrected chi connectivity index (χ0v) is 28.6. The number of rotatable bonds is 10. The molecule has 3 aliphatic carbocycles. The Morgan fingerprint density at radius 1 is 0.959 bits per heavy atom. The molecule has 49 heavy (non-hydrogen) atoms. The van der Waals surface area contributed by atoms with E-state index in [2.05, 4.69) is 79.8 Å². The fourth-order valence-electron chi connectivity index (χ4n) is 9.42. The van der Waals surface area contributed by atoms with Gasteiger partial charge in [0, 0.05) is 30.9 Å². The summed E-state index contributed by atoms with van der Waals surface area (Å²) in [6.07, 6.45) is 10.8. The van der Waals surface area contributed by atoms with Crippen molar-refractivity contribution < 1.29 is 44.8 Å². The first-order chi connectivity index (χ1) is 23.4. The lowest BCUT2D eigenvalue weighted by atomic mass is 9.48. The van der Waals surface area contributed by atoms with Gasteiger partial charge in [-0.2, -0.15) is 13.2 Å². The standard InChI is InChI=1S/C37H44NO3.CHF3O3S/c1-38(25-28-16-17-28)22-21-36-33-15-8-20-37(36,40-23-9-14-27-10-4-2-5-11-27)32(38)24-30-18-19-31(35(41-33)34(30)36)39-26-29-12-6-3-7-13-29;2-1(3,4)8(5,6)7/h2-7,10-13,18-19,28,32-33H,8-9,14-17,20-26H2,1H3;(H,5,6,7)/q+1;/p-1/t32-,33+,36-,37-,38?;/m1./s1. The quantitative estimate of drug-likeness (QED) is 0.0975. The van der Waals surface area contributed by atoms with E-state index < -0.39 is 15.6 Å². The maximum atomic E-state index is 10.7. The third-order valence-electron chi connectivity index (χ3n) is 11.7. The maximum Gasteiger partial charge on any atom is 0.485 e. The van der Waals surface area contributed by atoms with Gasteiger partial charge in [-0.25, -0.2) is 8.42 Å². The van der Waals surface area contributed by atoms with Crippen LogP contribution < -0.4 is 9.47 Å². The van der Waals surface area contributed by atoms with Crippen molar-refractivity contribution in [2.45, 2.75) is 93.1 Å². The number of benzene rings is 3. The van der Waals surface area contributed by atoms with E-state index in [9.17, 15) is 13.2 Å². The van der Waals surface area contributed by atoms with E-state index in [1.54, 1.807) is 0 Å². The number of hydrogen-bond donors (Lipinski definition) is 0. The summed E-state index contributed by atoms with van der Waals surface area (Å²) >= 11 is 0. The summed E-state index contributed by atoms with van der Waals surface area (Å²) in [5.74, 6) is 2.84. The molecule has 1 unspecified atom stereocenters. The molecule has 2 heterocycles. The van der Waals surface area contributed by atoms with Crippen LogP contribution in [-0.2, 0) is 39.7 Å². The molecule has 0 N–H and O–H groups in total. The first-order valence-corrected chi connectivity index (χ1v) is 18.8. The third kappa shape index (κ3) is 6.25. The van der Waals surface area contributed by atoms with E-state index in [-0.39, 0.29) is 17.1 Å². The van der Waals surface area contributed by atoms with Gasteiger partial charge in [0.05, 0.1) is 25.6 Å².